The Labute approximate surface area is 135 Å². The van der Waals surface area contributed by atoms with Crippen LogP contribution in [-0.4, -0.2) is 11.7 Å². The number of hydrogen-bond acceptors (Lipinski definition) is 2. The summed E-state index contributed by atoms with van der Waals surface area (Å²) in [5.41, 5.74) is 3.79. The van der Waals surface area contributed by atoms with Crippen molar-refractivity contribution in [1.82, 2.24) is 0 Å². The van der Waals surface area contributed by atoms with Crippen LogP contribution >= 0.6 is 0 Å². The molecule has 0 aliphatic carbocycles. The molecule has 3 nitrogen and oxygen atoms in total. The highest BCUT2D eigenvalue weighted by Crippen LogP contribution is 2.17. The molecule has 0 aromatic heterocycles. The Bertz CT molecular complexity index is 753. The van der Waals surface area contributed by atoms with Crippen LogP contribution in [0.3, 0.4) is 0 Å². The lowest BCUT2D eigenvalue weighted by Gasteiger charge is -2.09. The van der Waals surface area contributed by atoms with Crippen LogP contribution in [0.2, 0.25) is 0 Å². The Morgan fingerprint density at radius 2 is 1.65 bits per heavy atom. The van der Waals surface area contributed by atoms with Gasteiger partial charge < -0.3 is 5.32 Å². The monoisotopic (exact) mass is 313 g/mol. The van der Waals surface area contributed by atoms with E-state index in [0.29, 0.717) is 11.3 Å². The Hall–Kier alpha value is -2.49. The second kappa shape index (κ2) is 7.18. The van der Waals surface area contributed by atoms with Gasteiger partial charge in [0, 0.05) is 24.1 Å². The number of carbonyl (C=O) groups is 2. The van der Waals surface area contributed by atoms with Gasteiger partial charge in [-0.05, 0) is 50.1 Å². The number of nitrogens with one attached hydrogen (secondary N) is 1. The van der Waals surface area contributed by atoms with Gasteiger partial charge in [-0.15, -0.1) is 0 Å². The van der Waals surface area contributed by atoms with Crippen LogP contribution in [0.5, 0.6) is 0 Å². The number of ketones is 1. The van der Waals surface area contributed by atoms with Crippen LogP contribution < -0.4 is 5.32 Å². The summed E-state index contributed by atoms with van der Waals surface area (Å²) < 4.78 is 13.2. The molecular formula is C19H20FNO2. The molecule has 0 radical (unpaired) electrons. The molecule has 2 aromatic rings. The van der Waals surface area contributed by atoms with Crippen LogP contribution in [-0.2, 0) is 4.79 Å². The van der Waals surface area contributed by atoms with Crippen molar-refractivity contribution in [2.45, 2.75) is 33.6 Å². The van der Waals surface area contributed by atoms with E-state index in [1.54, 1.807) is 13.0 Å². The number of benzene rings is 2. The summed E-state index contributed by atoms with van der Waals surface area (Å²) in [6, 6.07) is 9.91. The van der Waals surface area contributed by atoms with E-state index in [0.717, 1.165) is 16.7 Å². The van der Waals surface area contributed by atoms with Gasteiger partial charge >= 0.3 is 0 Å². The highest BCUT2D eigenvalue weighted by molar-refractivity contribution is 6.01. The van der Waals surface area contributed by atoms with E-state index in [4.69, 9.17) is 0 Å². The van der Waals surface area contributed by atoms with Crippen LogP contribution in [0.1, 0.15) is 39.9 Å². The minimum absolute atomic E-state index is 0.0580. The minimum atomic E-state index is -0.405. The number of Topliss-reactive ketones (excluding diaryl/α,β-unsaturated/α-hetero) is 1. The molecule has 0 unspecified atom stereocenters. The molecule has 120 valence electrons. The van der Waals surface area contributed by atoms with Gasteiger partial charge in [0.25, 0.3) is 0 Å². The summed E-state index contributed by atoms with van der Waals surface area (Å²) >= 11 is 0. The average molecular weight is 313 g/mol. The first-order valence-electron chi connectivity index (χ1n) is 7.53. The lowest BCUT2D eigenvalue weighted by Crippen LogP contribution is -2.14. The Kier molecular flexibility index (Phi) is 5.27. The van der Waals surface area contributed by atoms with Crippen molar-refractivity contribution in [3.8, 4) is 0 Å². The number of hydrogen-bond donors (Lipinski definition) is 1. The number of rotatable bonds is 5. The van der Waals surface area contributed by atoms with Crippen molar-refractivity contribution in [1.29, 1.82) is 0 Å². The van der Waals surface area contributed by atoms with E-state index in [2.05, 4.69) is 5.32 Å². The maximum Gasteiger partial charge on any atom is 0.224 e. The molecule has 1 N–H and O–H groups in total. The zero-order chi connectivity index (χ0) is 17.0. The maximum atomic E-state index is 13.2. The van der Waals surface area contributed by atoms with Crippen molar-refractivity contribution in [3.63, 3.8) is 0 Å². The van der Waals surface area contributed by atoms with Gasteiger partial charge in [-0.1, -0.05) is 23.8 Å². The van der Waals surface area contributed by atoms with Gasteiger partial charge in [-0.3, -0.25) is 9.59 Å². The Morgan fingerprint density at radius 1 is 0.957 bits per heavy atom. The van der Waals surface area contributed by atoms with E-state index in [1.165, 1.54) is 12.1 Å². The van der Waals surface area contributed by atoms with Crippen molar-refractivity contribution < 1.29 is 14.0 Å². The van der Waals surface area contributed by atoms with Gasteiger partial charge in [-0.25, -0.2) is 4.39 Å². The topological polar surface area (TPSA) is 46.2 Å². The second-order valence-corrected chi connectivity index (χ2v) is 5.75. The average Bonchev–Trinajstić information content (AvgIpc) is 2.51. The molecule has 2 aromatic carbocycles. The Balaban J connectivity index is 1.97. The fourth-order valence-electron chi connectivity index (χ4n) is 2.34. The molecule has 0 spiro atoms. The smallest absolute Gasteiger partial charge is 0.224 e. The van der Waals surface area contributed by atoms with Gasteiger partial charge in [0.05, 0.1) is 0 Å². The van der Waals surface area contributed by atoms with Crippen molar-refractivity contribution >= 4 is 17.4 Å². The van der Waals surface area contributed by atoms with Crippen LogP contribution in [0.25, 0.3) is 0 Å². The molecule has 23 heavy (non-hydrogen) atoms. The highest BCUT2D eigenvalue weighted by Gasteiger charge is 2.12. The van der Waals surface area contributed by atoms with Crippen molar-refractivity contribution in [3.05, 3.63) is 64.5 Å². The SMILES string of the molecule is Cc1ccc(C)c(C(=O)CCC(=O)Nc2cc(F)ccc2C)c1. The van der Waals surface area contributed by atoms with Gasteiger partial charge in [0.15, 0.2) is 5.78 Å². The second-order valence-electron chi connectivity index (χ2n) is 5.75. The molecule has 0 bridgehead atoms. The zero-order valence-corrected chi connectivity index (χ0v) is 13.6. The van der Waals surface area contributed by atoms with Gasteiger partial charge in [0.2, 0.25) is 5.91 Å². The molecule has 0 aliphatic rings. The minimum Gasteiger partial charge on any atom is -0.326 e. The standard InChI is InChI=1S/C19H20FNO2/c1-12-4-5-13(2)16(10-12)18(22)8-9-19(23)21-17-11-15(20)7-6-14(17)3/h4-7,10-11H,8-9H2,1-3H3,(H,21,23). The molecule has 2 rings (SSSR count). The van der Waals surface area contributed by atoms with E-state index in [-0.39, 0.29) is 24.5 Å². The third-order valence-corrected chi connectivity index (χ3v) is 3.75. The number of anilines is 1. The van der Waals surface area contributed by atoms with E-state index in [1.807, 2.05) is 32.0 Å². The molecule has 0 atom stereocenters. The zero-order valence-electron chi connectivity index (χ0n) is 13.6. The third-order valence-electron chi connectivity index (χ3n) is 3.75. The first kappa shape index (κ1) is 16.9. The third kappa shape index (κ3) is 4.49. The molecule has 0 aliphatic heterocycles. The predicted octanol–water partition coefficient (Wildman–Crippen LogP) is 4.35. The normalized spacial score (nSPS) is 10.4. The van der Waals surface area contributed by atoms with Gasteiger partial charge in [0.1, 0.15) is 5.82 Å². The molecular weight excluding hydrogens is 293 g/mol. The molecule has 1 amide bonds. The van der Waals surface area contributed by atoms with Crippen LogP contribution in [0.4, 0.5) is 10.1 Å². The molecule has 0 saturated carbocycles. The van der Waals surface area contributed by atoms with E-state index >= 15 is 0 Å². The number of aryl methyl sites for hydroxylation is 3. The first-order chi connectivity index (χ1) is 10.9. The van der Waals surface area contributed by atoms with Gasteiger partial charge in [-0.2, -0.15) is 0 Å². The summed E-state index contributed by atoms with van der Waals surface area (Å²) in [6.45, 7) is 5.59. The number of amides is 1. The van der Waals surface area contributed by atoms with E-state index < -0.39 is 5.82 Å². The molecule has 0 fully saturated rings. The predicted molar refractivity (Wildman–Crippen MR) is 89.2 cm³/mol. The van der Waals surface area contributed by atoms with Crippen LogP contribution in [0, 0.1) is 26.6 Å². The lowest BCUT2D eigenvalue weighted by atomic mass is 9.99. The van der Waals surface area contributed by atoms with Crippen LogP contribution in [0.15, 0.2) is 36.4 Å². The summed E-state index contributed by atoms with van der Waals surface area (Å²) in [4.78, 5) is 24.2. The largest absolute Gasteiger partial charge is 0.326 e. The summed E-state index contributed by atoms with van der Waals surface area (Å²) in [7, 11) is 0. The first-order valence-corrected chi connectivity index (χ1v) is 7.53. The number of carbonyl (C=O) groups excluding carboxylic acids is 2. The summed E-state index contributed by atoms with van der Waals surface area (Å²) in [5, 5.41) is 2.65. The lowest BCUT2D eigenvalue weighted by molar-refractivity contribution is -0.116. The quantitative estimate of drug-likeness (QED) is 0.834. The van der Waals surface area contributed by atoms with Crippen molar-refractivity contribution in [2.24, 2.45) is 0 Å². The fraction of sp³-hybridized carbons (Fsp3) is 0.263. The highest BCUT2D eigenvalue weighted by atomic mass is 19.1. The van der Waals surface area contributed by atoms with E-state index in [9.17, 15) is 14.0 Å². The number of halogens is 1. The maximum absolute atomic E-state index is 13.2. The van der Waals surface area contributed by atoms with Crippen molar-refractivity contribution in [2.75, 3.05) is 5.32 Å². The molecule has 0 saturated heterocycles. The molecule has 0 heterocycles. The molecule has 4 heteroatoms. The fourth-order valence-corrected chi connectivity index (χ4v) is 2.34. The summed E-state index contributed by atoms with van der Waals surface area (Å²) in [6.07, 6.45) is 0.201. The Morgan fingerprint density at radius 3 is 2.39 bits per heavy atom. The summed E-state index contributed by atoms with van der Waals surface area (Å²) in [5.74, 6) is -0.757.